The lowest BCUT2D eigenvalue weighted by molar-refractivity contribution is -0.117. The van der Waals surface area contributed by atoms with Gasteiger partial charge in [-0.2, -0.15) is 4.98 Å². The molecule has 0 spiro atoms. The Morgan fingerprint density at radius 2 is 2.10 bits per heavy atom. The normalized spacial score (nSPS) is 16.1. The zero-order valence-corrected chi connectivity index (χ0v) is 18.5. The van der Waals surface area contributed by atoms with Crippen LogP contribution in [0.4, 0.5) is 5.69 Å². The van der Waals surface area contributed by atoms with Crippen LogP contribution in [0.15, 0.2) is 40.9 Å². The first-order chi connectivity index (χ1) is 15.0. The van der Waals surface area contributed by atoms with Crippen molar-refractivity contribution in [2.75, 3.05) is 25.2 Å². The van der Waals surface area contributed by atoms with E-state index in [4.69, 9.17) is 25.6 Å². The smallest absolute Gasteiger partial charge is 0.232 e. The molecule has 162 valence electrons. The van der Waals surface area contributed by atoms with Crippen molar-refractivity contribution in [3.8, 4) is 22.9 Å². The number of hydrogen-bond acceptors (Lipinski definition) is 6. The van der Waals surface area contributed by atoms with Gasteiger partial charge in [-0.05, 0) is 49.2 Å². The zero-order chi connectivity index (χ0) is 22.0. The monoisotopic (exact) mass is 441 g/mol. The van der Waals surface area contributed by atoms with E-state index in [1.807, 2.05) is 50.2 Å². The maximum Gasteiger partial charge on any atom is 0.232 e. The van der Waals surface area contributed by atoms with Crippen LogP contribution in [0.5, 0.6) is 11.5 Å². The Bertz CT molecular complexity index is 1100. The van der Waals surface area contributed by atoms with Crippen molar-refractivity contribution in [2.24, 2.45) is 0 Å². The van der Waals surface area contributed by atoms with Crippen LogP contribution in [0.3, 0.4) is 0 Å². The second-order valence-corrected chi connectivity index (χ2v) is 7.87. The topological polar surface area (TPSA) is 77.7 Å². The summed E-state index contributed by atoms with van der Waals surface area (Å²) >= 11 is 6.23. The first kappa shape index (κ1) is 21.2. The lowest BCUT2D eigenvalue weighted by Gasteiger charge is -2.19. The Morgan fingerprint density at radius 1 is 1.26 bits per heavy atom. The van der Waals surface area contributed by atoms with Gasteiger partial charge in [0.05, 0.1) is 19.6 Å². The number of hydrogen-bond donors (Lipinski definition) is 0. The van der Waals surface area contributed by atoms with Gasteiger partial charge in [-0.25, -0.2) is 0 Å². The van der Waals surface area contributed by atoms with Crippen molar-refractivity contribution in [1.29, 1.82) is 0 Å². The summed E-state index contributed by atoms with van der Waals surface area (Å²) in [4.78, 5) is 19.0. The van der Waals surface area contributed by atoms with Crippen LogP contribution in [-0.2, 0) is 4.79 Å². The van der Waals surface area contributed by atoms with Crippen molar-refractivity contribution >= 4 is 23.2 Å². The number of methoxy groups -OCH3 is 1. The van der Waals surface area contributed by atoms with Crippen LogP contribution in [0.1, 0.15) is 37.1 Å². The second-order valence-electron chi connectivity index (χ2n) is 7.46. The lowest BCUT2D eigenvalue weighted by Crippen LogP contribution is -2.25. The minimum absolute atomic E-state index is 0.00853. The van der Waals surface area contributed by atoms with E-state index in [1.165, 1.54) is 0 Å². The molecule has 0 bridgehead atoms. The zero-order valence-electron chi connectivity index (χ0n) is 17.7. The Balaban J connectivity index is 1.54. The van der Waals surface area contributed by atoms with E-state index in [1.54, 1.807) is 12.0 Å². The van der Waals surface area contributed by atoms with E-state index >= 15 is 0 Å². The van der Waals surface area contributed by atoms with Crippen LogP contribution < -0.4 is 14.4 Å². The van der Waals surface area contributed by atoms with E-state index in [-0.39, 0.29) is 11.8 Å². The summed E-state index contributed by atoms with van der Waals surface area (Å²) in [5.74, 6) is 1.99. The van der Waals surface area contributed by atoms with Crippen molar-refractivity contribution < 1.29 is 18.8 Å². The largest absolute Gasteiger partial charge is 0.493 e. The third kappa shape index (κ3) is 4.23. The molecule has 1 aliphatic rings. The van der Waals surface area contributed by atoms with Gasteiger partial charge in [0.15, 0.2) is 11.5 Å². The van der Waals surface area contributed by atoms with Gasteiger partial charge in [0.25, 0.3) is 0 Å². The number of benzene rings is 2. The maximum atomic E-state index is 12.7. The van der Waals surface area contributed by atoms with Crippen LogP contribution in [0.25, 0.3) is 11.4 Å². The number of anilines is 1. The van der Waals surface area contributed by atoms with Gasteiger partial charge in [0.1, 0.15) is 0 Å². The average molecular weight is 442 g/mol. The first-order valence-electron chi connectivity index (χ1n) is 10.2. The highest BCUT2D eigenvalue weighted by atomic mass is 35.5. The number of carbonyl (C=O) groups is 1. The van der Waals surface area contributed by atoms with Crippen LogP contribution in [0, 0.1) is 6.92 Å². The third-order valence-corrected chi connectivity index (χ3v) is 5.74. The summed E-state index contributed by atoms with van der Waals surface area (Å²) in [5, 5.41) is 4.75. The molecule has 1 aromatic heterocycles. The molecule has 3 aromatic rings. The van der Waals surface area contributed by atoms with Crippen molar-refractivity contribution in [3.63, 3.8) is 0 Å². The van der Waals surface area contributed by atoms with Crippen LogP contribution in [-0.4, -0.2) is 36.3 Å². The van der Waals surface area contributed by atoms with Gasteiger partial charge >= 0.3 is 0 Å². The van der Waals surface area contributed by atoms with E-state index in [0.717, 1.165) is 23.2 Å². The summed E-state index contributed by atoms with van der Waals surface area (Å²) in [6.45, 7) is 5.03. The number of amides is 1. The van der Waals surface area contributed by atoms with Gasteiger partial charge < -0.3 is 18.9 Å². The van der Waals surface area contributed by atoms with E-state index in [2.05, 4.69) is 10.1 Å². The molecule has 0 saturated carbocycles. The predicted molar refractivity (Wildman–Crippen MR) is 118 cm³/mol. The van der Waals surface area contributed by atoms with Crippen LogP contribution in [0.2, 0.25) is 5.02 Å². The number of carbonyl (C=O) groups excluding carboxylic acids is 1. The minimum atomic E-state index is -0.179. The van der Waals surface area contributed by atoms with Gasteiger partial charge in [-0.1, -0.05) is 29.7 Å². The van der Waals surface area contributed by atoms with Crippen molar-refractivity contribution in [2.45, 2.75) is 32.6 Å². The molecule has 7 nitrogen and oxygen atoms in total. The highest BCUT2D eigenvalue weighted by Crippen LogP contribution is 2.36. The number of aromatic nitrogens is 2. The molecule has 1 fully saturated rings. The third-order valence-electron chi connectivity index (χ3n) is 5.33. The quantitative estimate of drug-likeness (QED) is 0.512. The number of rotatable bonds is 7. The fourth-order valence-electron chi connectivity index (χ4n) is 3.65. The molecule has 0 radical (unpaired) electrons. The molecule has 1 amide bonds. The highest BCUT2D eigenvalue weighted by molar-refractivity contribution is 6.31. The Morgan fingerprint density at radius 3 is 2.87 bits per heavy atom. The molecule has 31 heavy (non-hydrogen) atoms. The highest BCUT2D eigenvalue weighted by Gasteiger charge is 2.36. The number of ether oxygens (including phenoxy) is 2. The van der Waals surface area contributed by atoms with E-state index < -0.39 is 0 Å². The Kier molecular flexibility index (Phi) is 6.13. The van der Waals surface area contributed by atoms with Crippen LogP contribution >= 0.6 is 11.6 Å². The van der Waals surface area contributed by atoms with Gasteiger partial charge in [0, 0.05) is 29.2 Å². The lowest BCUT2D eigenvalue weighted by atomic mass is 10.1. The molecule has 1 saturated heterocycles. The van der Waals surface area contributed by atoms with E-state index in [9.17, 15) is 4.79 Å². The minimum Gasteiger partial charge on any atom is -0.493 e. The average Bonchev–Trinajstić information content (AvgIpc) is 3.41. The number of halogens is 1. The fourth-order valence-corrected chi connectivity index (χ4v) is 3.82. The molecular weight excluding hydrogens is 418 g/mol. The first-order valence-corrected chi connectivity index (χ1v) is 10.6. The number of nitrogens with zero attached hydrogens (tertiary/aromatic N) is 3. The molecule has 1 atom stereocenters. The molecular formula is C23H24ClN3O4. The molecule has 1 aliphatic heterocycles. The fraction of sp³-hybridized carbons (Fsp3) is 0.348. The molecule has 0 N–H and O–H groups in total. The van der Waals surface area contributed by atoms with E-state index in [0.29, 0.717) is 47.8 Å². The summed E-state index contributed by atoms with van der Waals surface area (Å²) in [6, 6.07) is 11.1. The molecule has 8 heteroatoms. The van der Waals surface area contributed by atoms with Crippen molar-refractivity contribution in [1.82, 2.24) is 10.1 Å². The molecule has 2 heterocycles. The SMILES string of the molecule is CCCOc1ccc(-c2noc(C3CC(=O)N(c4cccc(Cl)c4C)C3)n2)cc1OC. The summed E-state index contributed by atoms with van der Waals surface area (Å²) in [5.41, 5.74) is 2.44. The van der Waals surface area contributed by atoms with Gasteiger partial charge in [-0.3, -0.25) is 4.79 Å². The van der Waals surface area contributed by atoms with Gasteiger partial charge in [0.2, 0.25) is 17.6 Å². The summed E-state index contributed by atoms with van der Waals surface area (Å²) in [7, 11) is 1.59. The standard InChI is InChI=1S/C23H24ClN3O4/c1-4-10-30-19-9-8-15(11-20(19)29-3)22-25-23(31-26-22)16-12-21(28)27(13-16)18-7-5-6-17(24)14(18)2/h5-9,11,16H,4,10,12-13H2,1-3H3. The summed E-state index contributed by atoms with van der Waals surface area (Å²) < 4.78 is 16.7. The molecule has 1 unspecified atom stereocenters. The Labute approximate surface area is 185 Å². The summed E-state index contributed by atoms with van der Waals surface area (Å²) in [6.07, 6.45) is 1.21. The molecule has 2 aromatic carbocycles. The predicted octanol–water partition coefficient (Wildman–Crippen LogP) is 5.02. The Hall–Kier alpha value is -3.06. The molecule has 4 rings (SSSR count). The molecule has 0 aliphatic carbocycles. The maximum absolute atomic E-state index is 12.7. The van der Waals surface area contributed by atoms with Gasteiger partial charge in [-0.15, -0.1) is 0 Å². The van der Waals surface area contributed by atoms with Crippen molar-refractivity contribution in [3.05, 3.63) is 52.9 Å². The second kappa shape index (κ2) is 8.98.